The monoisotopic (exact) mass is 359 g/mol. The fourth-order valence-corrected chi connectivity index (χ4v) is 3.90. The predicted octanol–water partition coefficient (Wildman–Crippen LogP) is 4.67. The molecule has 0 aliphatic heterocycles. The minimum absolute atomic E-state index is 0.218. The SMILES string of the molecule is CN(C(=O)c1cnc(-c2cccs2)s1)c1cc(Cl)ccc1C#N. The molecule has 0 atom stereocenters. The van der Waals surface area contributed by atoms with Crippen molar-refractivity contribution in [3.8, 4) is 16.0 Å². The van der Waals surface area contributed by atoms with E-state index < -0.39 is 0 Å². The van der Waals surface area contributed by atoms with Crippen molar-refractivity contribution < 1.29 is 4.79 Å². The summed E-state index contributed by atoms with van der Waals surface area (Å²) in [5.41, 5.74) is 0.879. The van der Waals surface area contributed by atoms with E-state index in [1.807, 2.05) is 17.5 Å². The number of carbonyl (C=O) groups excluding carboxylic acids is 1. The number of nitriles is 1. The second-order valence-electron chi connectivity index (χ2n) is 4.64. The topological polar surface area (TPSA) is 57.0 Å². The number of halogens is 1. The van der Waals surface area contributed by atoms with E-state index in [1.54, 1.807) is 42.8 Å². The van der Waals surface area contributed by atoms with Gasteiger partial charge in [-0.2, -0.15) is 5.26 Å². The Kier molecular flexibility index (Phi) is 4.44. The smallest absolute Gasteiger partial charge is 0.269 e. The van der Waals surface area contributed by atoms with Gasteiger partial charge < -0.3 is 4.90 Å². The van der Waals surface area contributed by atoms with Gasteiger partial charge in [-0.3, -0.25) is 4.79 Å². The summed E-state index contributed by atoms with van der Waals surface area (Å²) < 4.78 is 0. The molecule has 0 aliphatic rings. The number of rotatable bonds is 3. The zero-order valence-corrected chi connectivity index (χ0v) is 14.4. The van der Waals surface area contributed by atoms with Gasteiger partial charge in [0.2, 0.25) is 0 Å². The molecule has 0 bridgehead atoms. The average molecular weight is 360 g/mol. The van der Waals surface area contributed by atoms with Gasteiger partial charge in [0, 0.05) is 12.1 Å². The number of hydrogen-bond donors (Lipinski definition) is 0. The summed E-state index contributed by atoms with van der Waals surface area (Å²) in [4.78, 5) is 19.9. The second-order valence-corrected chi connectivity index (χ2v) is 7.06. The lowest BCUT2D eigenvalue weighted by molar-refractivity contribution is 0.0996. The molecule has 3 rings (SSSR count). The van der Waals surface area contributed by atoms with Gasteiger partial charge in [-0.25, -0.2) is 4.98 Å². The number of benzene rings is 1. The Morgan fingerprint density at radius 2 is 2.22 bits per heavy atom. The molecule has 2 heterocycles. The van der Waals surface area contributed by atoms with Gasteiger partial charge in [0.15, 0.2) is 0 Å². The van der Waals surface area contributed by atoms with E-state index in [2.05, 4.69) is 11.1 Å². The number of aromatic nitrogens is 1. The normalized spacial score (nSPS) is 10.3. The first-order valence-corrected chi connectivity index (χ1v) is 8.65. The molecule has 1 amide bonds. The van der Waals surface area contributed by atoms with Crippen molar-refractivity contribution in [2.75, 3.05) is 11.9 Å². The Balaban J connectivity index is 1.92. The second kappa shape index (κ2) is 6.50. The minimum atomic E-state index is -0.218. The molecule has 2 aromatic heterocycles. The Hall–Kier alpha value is -2.20. The van der Waals surface area contributed by atoms with Crippen LogP contribution in [0.3, 0.4) is 0 Å². The van der Waals surface area contributed by atoms with Crippen LogP contribution in [0.4, 0.5) is 5.69 Å². The fourth-order valence-electron chi connectivity index (χ4n) is 2.04. The lowest BCUT2D eigenvalue weighted by atomic mass is 10.2. The Labute approximate surface area is 146 Å². The molecule has 0 radical (unpaired) electrons. The number of hydrogen-bond acceptors (Lipinski definition) is 5. The molecule has 114 valence electrons. The first kappa shape index (κ1) is 15.7. The van der Waals surface area contributed by atoms with Crippen LogP contribution < -0.4 is 4.90 Å². The molecular weight excluding hydrogens is 350 g/mol. The third kappa shape index (κ3) is 3.13. The largest absolute Gasteiger partial charge is 0.309 e. The maximum Gasteiger partial charge on any atom is 0.269 e. The van der Waals surface area contributed by atoms with Crippen molar-refractivity contribution >= 4 is 45.9 Å². The summed E-state index contributed by atoms with van der Waals surface area (Å²) in [6.45, 7) is 0. The van der Waals surface area contributed by atoms with Crippen LogP contribution in [0.1, 0.15) is 15.2 Å². The van der Waals surface area contributed by atoms with E-state index >= 15 is 0 Å². The van der Waals surface area contributed by atoms with Crippen LogP contribution in [0.2, 0.25) is 5.02 Å². The molecule has 0 fully saturated rings. The van der Waals surface area contributed by atoms with Gasteiger partial charge in [-0.1, -0.05) is 17.7 Å². The van der Waals surface area contributed by atoms with Gasteiger partial charge in [-0.05, 0) is 29.6 Å². The van der Waals surface area contributed by atoms with E-state index in [0.29, 0.717) is 21.2 Å². The summed E-state index contributed by atoms with van der Waals surface area (Å²) in [7, 11) is 1.62. The molecular formula is C16H10ClN3OS2. The first-order valence-electron chi connectivity index (χ1n) is 6.57. The predicted molar refractivity (Wildman–Crippen MR) is 94.3 cm³/mol. The Morgan fingerprint density at radius 1 is 1.39 bits per heavy atom. The van der Waals surface area contributed by atoms with Crippen molar-refractivity contribution in [2.24, 2.45) is 0 Å². The maximum absolute atomic E-state index is 12.7. The highest BCUT2D eigenvalue weighted by molar-refractivity contribution is 7.22. The summed E-state index contributed by atoms with van der Waals surface area (Å²) in [5.74, 6) is -0.218. The molecule has 3 aromatic rings. The van der Waals surface area contributed by atoms with E-state index in [1.165, 1.54) is 16.2 Å². The van der Waals surface area contributed by atoms with Crippen LogP contribution in [-0.4, -0.2) is 17.9 Å². The van der Waals surface area contributed by atoms with Gasteiger partial charge >= 0.3 is 0 Å². The first-order chi connectivity index (χ1) is 11.1. The summed E-state index contributed by atoms with van der Waals surface area (Å²) >= 11 is 8.89. The van der Waals surface area contributed by atoms with Crippen molar-refractivity contribution in [3.63, 3.8) is 0 Å². The van der Waals surface area contributed by atoms with Crippen molar-refractivity contribution in [1.82, 2.24) is 4.98 Å². The van der Waals surface area contributed by atoms with Crippen molar-refractivity contribution in [2.45, 2.75) is 0 Å². The molecule has 7 heteroatoms. The van der Waals surface area contributed by atoms with Crippen LogP contribution in [0.25, 0.3) is 9.88 Å². The van der Waals surface area contributed by atoms with Gasteiger partial charge in [-0.15, -0.1) is 22.7 Å². The molecule has 0 saturated carbocycles. The molecule has 0 unspecified atom stereocenters. The highest BCUT2D eigenvalue weighted by atomic mass is 35.5. The number of anilines is 1. The van der Waals surface area contributed by atoms with Gasteiger partial charge in [0.25, 0.3) is 5.91 Å². The van der Waals surface area contributed by atoms with Crippen molar-refractivity contribution in [3.05, 3.63) is 57.4 Å². The average Bonchev–Trinajstić information content (AvgIpc) is 3.24. The third-order valence-electron chi connectivity index (χ3n) is 3.19. The Morgan fingerprint density at radius 3 is 2.91 bits per heavy atom. The third-order valence-corrected chi connectivity index (χ3v) is 5.45. The van der Waals surface area contributed by atoms with E-state index in [-0.39, 0.29) is 5.91 Å². The number of nitrogens with zero attached hydrogens (tertiary/aromatic N) is 3. The van der Waals surface area contributed by atoms with Crippen LogP contribution in [0, 0.1) is 11.3 Å². The summed E-state index contributed by atoms with van der Waals surface area (Å²) in [6, 6.07) is 10.8. The van der Waals surface area contributed by atoms with Crippen LogP contribution >= 0.6 is 34.3 Å². The number of thiazole rings is 1. The van der Waals surface area contributed by atoms with Gasteiger partial charge in [0.05, 0.1) is 22.3 Å². The molecule has 0 saturated heterocycles. The number of amides is 1. The molecule has 0 aliphatic carbocycles. The van der Waals surface area contributed by atoms with Crippen LogP contribution in [-0.2, 0) is 0 Å². The lowest BCUT2D eigenvalue weighted by Crippen LogP contribution is -2.26. The molecule has 0 spiro atoms. The fraction of sp³-hybridized carbons (Fsp3) is 0.0625. The highest BCUT2D eigenvalue weighted by Gasteiger charge is 2.20. The number of carbonyl (C=O) groups is 1. The van der Waals surface area contributed by atoms with Crippen LogP contribution in [0.15, 0.2) is 41.9 Å². The minimum Gasteiger partial charge on any atom is -0.309 e. The summed E-state index contributed by atoms with van der Waals surface area (Å²) in [6.07, 6.45) is 1.56. The molecule has 23 heavy (non-hydrogen) atoms. The Bertz CT molecular complexity index is 896. The van der Waals surface area contributed by atoms with E-state index in [4.69, 9.17) is 11.6 Å². The lowest BCUT2D eigenvalue weighted by Gasteiger charge is -2.17. The maximum atomic E-state index is 12.7. The van der Waals surface area contributed by atoms with E-state index in [0.717, 1.165) is 9.88 Å². The zero-order valence-electron chi connectivity index (χ0n) is 12.0. The van der Waals surface area contributed by atoms with Crippen LogP contribution in [0.5, 0.6) is 0 Å². The number of thiophene rings is 1. The zero-order chi connectivity index (χ0) is 16.4. The molecule has 1 aromatic carbocycles. The quantitative estimate of drug-likeness (QED) is 0.682. The standard InChI is InChI=1S/C16H10ClN3OS2/c1-20(12-7-11(17)5-4-10(12)8-18)16(21)14-9-19-15(23-14)13-3-2-6-22-13/h2-7,9H,1H3. The van der Waals surface area contributed by atoms with Crippen molar-refractivity contribution in [1.29, 1.82) is 5.26 Å². The highest BCUT2D eigenvalue weighted by Crippen LogP contribution is 2.31. The van der Waals surface area contributed by atoms with Gasteiger partial charge in [0.1, 0.15) is 16.0 Å². The molecule has 0 N–H and O–H groups in total. The summed E-state index contributed by atoms with van der Waals surface area (Å²) in [5, 5.41) is 12.5. The van der Waals surface area contributed by atoms with E-state index in [9.17, 15) is 10.1 Å². The molecule has 4 nitrogen and oxygen atoms in total.